The van der Waals surface area contributed by atoms with Gasteiger partial charge in [-0.2, -0.15) is 5.26 Å². The van der Waals surface area contributed by atoms with Crippen molar-refractivity contribution in [3.05, 3.63) is 47.0 Å². The van der Waals surface area contributed by atoms with Gasteiger partial charge in [0.25, 0.3) is 5.91 Å². The van der Waals surface area contributed by atoms with Crippen LogP contribution in [-0.2, 0) is 0 Å². The Balaban J connectivity index is 2.21. The number of benzene rings is 1. The zero-order valence-corrected chi connectivity index (χ0v) is 13.9. The number of nitriles is 1. The first-order valence-corrected chi connectivity index (χ1v) is 8.04. The molecule has 1 aromatic carbocycles. The molecule has 0 radical (unpaired) electrons. The second-order valence-corrected chi connectivity index (χ2v) is 6.63. The average molecular weight is 312 g/mol. The van der Waals surface area contributed by atoms with E-state index >= 15 is 0 Å². The molecule has 0 spiro atoms. The molecule has 1 N–H and O–H groups in total. The highest BCUT2D eigenvalue weighted by molar-refractivity contribution is 5.96. The van der Waals surface area contributed by atoms with E-state index in [0.29, 0.717) is 24.2 Å². The van der Waals surface area contributed by atoms with Gasteiger partial charge in [-0.15, -0.1) is 0 Å². The van der Waals surface area contributed by atoms with E-state index in [-0.39, 0.29) is 17.9 Å². The number of nitrogens with zero attached hydrogens (tertiary/aromatic N) is 2. The van der Waals surface area contributed by atoms with Crippen molar-refractivity contribution in [1.82, 2.24) is 4.90 Å². The maximum Gasteiger partial charge on any atom is 0.255 e. The quantitative estimate of drug-likeness (QED) is 0.869. The van der Waals surface area contributed by atoms with E-state index in [9.17, 15) is 15.2 Å². The standard InChI is InChI=1S/C19H24N2O2/c1-15(2)8-10-19(14-22)9-5-11-21(13-19)18(23)17-7-4-3-6-16(17)12-20/h3-4,6-8,22H,5,9-11,13-14H2,1-2H3/t19-/m0/s1. The number of carbonyl (C=O) groups excluding carboxylic acids is 1. The summed E-state index contributed by atoms with van der Waals surface area (Å²) in [4.78, 5) is 14.6. The predicted octanol–water partition coefficient (Wildman–Crippen LogP) is 3.13. The van der Waals surface area contributed by atoms with E-state index in [4.69, 9.17) is 0 Å². The number of likely N-dealkylation sites (tertiary alicyclic amines) is 1. The maximum absolute atomic E-state index is 12.8. The SMILES string of the molecule is CC(C)=CC[C@@]1(CO)CCCN(C(=O)c2ccccc2C#N)C1. The number of hydrogen-bond donors (Lipinski definition) is 1. The molecular formula is C19H24N2O2. The first kappa shape index (κ1) is 17.2. The fourth-order valence-electron chi connectivity index (χ4n) is 3.10. The van der Waals surface area contributed by atoms with E-state index in [0.717, 1.165) is 19.3 Å². The second kappa shape index (κ2) is 7.43. The smallest absolute Gasteiger partial charge is 0.255 e. The molecule has 1 amide bonds. The van der Waals surface area contributed by atoms with Gasteiger partial charge >= 0.3 is 0 Å². The van der Waals surface area contributed by atoms with Crippen molar-refractivity contribution in [2.24, 2.45) is 5.41 Å². The lowest BCUT2D eigenvalue weighted by Crippen LogP contribution is -2.47. The summed E-state index contributed by atoms with van der Waals surface area (Å²) in [6, 6.07) is 8.99. The Bertz CT molecular complexity index is 641. The zero-order chi connectivity index (χ0) is 16.9. The molecule has 0 aromatic heterocycles. The van der Waals surface area contributed by atoms with Crippen molar-refractivity contribution in [1.29, 1.82) is 5.26 Å². The highest BCUT2D eigenvalue weighted by Crippen LogP contribution is 2.34. The van der Waals surface area contributed by atoms with Crippen molar-refractivity contribution in [2.45, 2.75) is 33.1 Å². The Hall–Kier alpha value is -2.12. The van der Waals surface area contributed by atoms with Crippen LogP contribution in [0.15, 0.2) is 35.9 Å². The Morgan fingerprint density at radius 2 is 2.17 bits per heavy atom. The summed E-state index contributed by atoms with van der Waals surface area (Å²) < 4.78 is 0. The fourth-order valence-corrected chi connectivity index (χ4v) is 3.10. The minimum atomic E-state index is -0.271. The highest BCUT2D eigenvalue weighted by atomic mass is 16.3. The molecule has 1 saturated heterocycles. The normalized spacial score (nSPS) is 20.7. The summed E-state index contributed by atoms with van der Waals surface area (Å²) >= 11 is 0. The van der Waals surface area contributed by atoms with E-state index in [1.807, 2.05) is 13.8 Å². The van der Waals surface area contributed by atoms with Gasteiger partial charge in [-0.25, -0.2) is 0 Å². The molecule has 1 aromatic rings. The van der Waals surface area contributed by atoms with Crippen LogP contribution in [0.4, 0.5) is 0 Å². The van der Waals surface area contributed by atoms with E-state index < -0.39 is 0 Å². The van der Waals surface area contributed by atoms with Crippen LogP contribution in [0.3, 0.4) is 0 Å². The summed E-state index contributed by atoms with van der Waals surface area (Å²) in [5, 5.41) is 19.1. The Morgan fingerprint density at radius 1 is 1.43 bits per heavy atom. The second-order valence-electron chi connectivity index (χ2n) is 6.63. The van der Waals surface area contributed by atoms with Crippen LogP contribution >= 0.6 is 0 Å². The van der Waals surface area contributed by atoms with Crippen LogP contribution < -0.4 is 0 Å². The molecule has 1 heterocycles. The van der Waals surface area contributed by atoms with Gasteiger partial charge in [0.2, 0.25) is 0 Å². The molecule has 23 heavy (non-hydrogen) atoms. The molecule has 1 fully saturated rings. The number of piperidine rings is 1. The number of allylic oxidation sites excluding steroid dienone is 2. The van der Waals surface area contributed by atoms with Crippen LogP contribution in [-0.4, -0.2) is 35.6 Å². The fraction of sp³-hybridized carbons (Fsp3) is 0.474. The Morgan fingerprint density at radius 3 is 2.83 bits per heavy atom. The van der Waals surface area contributed by atoms with Gasteiger partial charge in [0.05, 0.1) is 23.8 Å². The molecule has 4 nitrogen and oxygen atoms in total. The lowest BCUT2D eigenvalue weighted by atomic mass is 9.77. The molecule has 0 aliphatic carbocycles. The summed E-state index contributed by atoms with van der Waals surface area (Å²) in [5.41, 5.74) is 1.80. The zero-order valence-electron chi connectivity index (χ0n) is 13.9. The molecule has 2 rings (SSSR count). The van der Waals surface area contributed by atoms with Crippen molar-refractivity contribution in [3.8, 4) is 6.07 Å². The van der Waals surface area contributed by atoms with Gasteiger partial charge in [0, 0.05) is 18.5 Å². The van der Waals surface area contributed by atoms with Crippen LogP contribution in [0, 0.1) is 16.7 Å². The number of amides is 1. The van der Waals surface area contributed by atoms with Crippen LogP contribution in [0.25, 0.3) is 0 Å². The summed E-state index contributed by atoms with van der Waals surface area (Å²) in [6.45, 7) is 5.36. The lowest BCUT2D eigenvalue weighted by molar-refractivity contribution is 0.0284. The van der Waals surface area contributed by atoms with Gasteiger partial charge < -0.3 is 10.0 Å². The number of aliphatic hydroxyl groups excluding tert-OH is 1. The van der Waals surface area contributed by atoms with Crippen molar-refractivity contribution in [3.63, 3.8) is 0 Å². The molecular weight excluding hydrogens is 288 g/mol. The van der Waals surface area contributed by atoms with E-state index in [1.54, 1.807) is 29.2 Å². The molecule has 1 aliphatic heterocycles. The molecule has 0 saturated carbocycles. The predicted molar refractivity (Wildman–Crippen MR) is 89.9 cm³/mol. The average Bonchev–Trinajstić information content (AvgIpc) is 2.59. The van der Waals surface area contributed by atoms with Crippen molar-refractivity contribution < 1.29 is 9.90 Å². The minimum absolute atomic E-state index is 0.0699. The molecule has 1 aliphatic rings. The third-order valence-corrected chi connectivity index (χ3v) is 4.51. The molecule has 1 atom stereocenters. The number of rotatable bonds is 4. The largest absolute Gasteiger partial charge is 0.396 e. The summed E-state index contributed by atoms with van der Waals surface area (Å²) in [5.74, 6) is -0.114. The minimum Gasteiger partial charge on any atom is -0.396 e. The first-order valence-electron chi connectivity index (χ1n) is 8.04. The van der Waals surface area contributed by atoms with Crippen LogP contribution in [0.5, 0.6) is 0 Å². The number of aliphatic hydroxyl groups is 1. The van der Waals surface area contributed by atoms with Gasteiger partial charge in [0.1, 0.15) is 0 Å². The van der Waals surface area contributed by atoms with Gasteiger partial charge in [-0.05, 0) is 45.2 Å². The molecule has 0 bridgehead atoms. The van der Waals surface area contributed by atoms with Crippen LogP contribution in [0.1, 0.15) is 49.0 Å². The van der Waals surface area contributed by atoms with Gasteiger partial charge in [0.15, 0.2) is 0 Å². The highest BCUT2D eigenvalue weighted by Gasteiger charge is 2.36. The number of hydrogen-bond acceptors (Lipinski definition) is 3. The van der Waals surface area contributed by atoms with Gasteiger partial charge in [-0.1, -0.05) is 23.8 Å². The van der Waals surface area contributed by atoms with E-state index in [2.05, 4.69) is 12.1 Å². The van der Waals surface area contributed by atoms with Crippen LogP contribution in [0.2, 0.25) is 0 Å². The van der Waals surface area contributed by atoms with Crippen molar-refractivity contribution in [2.75, 3.05) is 19.7 Å². The van der Waals surface area contributed by atoms with Crippen molar-refractivity contribution >= 4 is 5.91 Å². The first-order chi connectivity index (χ1) is 11.0. The monoisotopic (exact) mass is 312 g/mol. The van der Waals surface area contributed by atoms with Gasteiger partial charge in [-0.3, -0.25) is 4.79 Å². The van der Waals surface area contributed by atoms with E-state index in [1.165, 1.54) is 5.57 Å². The maximum atomic E-state index is 12.8. The lowest BCUT2D eigenvalue weighted by Gasteiger charge is -2.41. The third-order valence-electron chi connectivity index (χ3n) is 4.51. The Labute approximate surface area is 138 Å². The summed E-state index contributed by atoms with van der Waals surface area (Å²) in [6.07, 6.45) is 4.69. The molecule has 0 unspecified atom stereocenters. The Kier molecular flexibility index (Phi) is 5.57. The summed E-state index contributed by atoms with van der Waals surface area (Å²) in [7, 11) is 0. The third kappa shape index (κ3) is 4.00. The molecule has 122 valence electrons. The molecule has 4 heteroatoms. The topological polar surface area (TPSA) is 64.3 Å². The number of carbonyl (C=O) groups is 1.